The predicted molar refractivity (Wildman–Crippen MR) is 111 cm³/mol. The van der Waals surface area contributed by atoms with Crippen molar-refractivity contribution in [2.45, 2.75) is 20.8 Å². The van der Waals surface area contributed by atoms with E-state index in [4.69, 9.17) is 12.2 Å². The number of rotatable bonds is 4. The number of nitro groups is 1. The molecule has 0 spiro atoms. The summed E-state index contributed by atoms with van der Waals surface area (Å²) < 4.78 is 0. The van der Waals surface area contributed by atoms with Gasteiger partial charge in [-0.25, -0.2) is 0 Å². The SMILES string of the molecule is CC(C)(C)C(=O)Nc1cccc(NC(=S)NC(=O)c2cccc([N+](=O)[O-])c2)c1. The minimum absolute atomic E-state index is 0.0239. The number of non-ortho nitro benzene ring substituents is 1. The number of nitrogens with one attached hydrogen (secondary N) is 3. The molecule has 9 heteroatoms. The van der Waals surface area contributed by atoms with Crippen LogP contribution in [-0.4, -0.2) is 21.9 Å². The Morgan fingerprint density at radius 2 is 1.61 bits per heavy atom. The number of nitro benzene ring substituents is 1. The second-order valence-electron chi connectivity index (χ2n) is 7.00. The van der Waals surface area contributed by atoms with E-state index in [1.807, 2.05) is 20.8 Å². The normalized spacial score (nSPS) is 10.7. The number of hydrogen-bond donors (Lipinski definition) is 3. The van der Waals surface area contributed by atoms with E-state index in [-0.39, 0.29) is 22.3 Å². The van der Waals surface area contributed by atoms with Gasteiger partial charge in [0, 0.05) is 34.5 Å². The maximum Gasteiger partial charge on any atom is 0.270 e. The average molecular weight is 400 g/mol. The molecule has 0 fully saturated rings. The molecular weight excluding hydrogens is 380 g/mol. The summed E-state index contributed by atoms with van der Waals surface area (Å²) in [7, 11) is 0. The van der Waals surface area contributed by atoms with Crippen LogP contribution in [0.15, 0.2) is 48.5 Å². The van der Waals surface area contributed by atoms with Crippen molar-refractivity contribution in [1.82, 2.24) is 5.32 Å². The Hall–Kier alpha value is -3.33. The van der Waals surface area contributed by atoms with Crippen molar-refractivity contribution in [2.24, 2.45) is 5.41 Å². The zero-order valence-electron chi connectivity index (χ0n) is 15.6. The van der Waals surface area contributed by atoms with Crippen molar-refractivity contribution in [3.63, 3.8) is 0 Å². The first-order valence-corrected chi connectivity index (χ1v) is 8.75. The summed E-state index contributed by atoms with van der Waals surface area (Å²) >= 11 is 5.12. The first kappa shape index (κ1) is 21.0. The van der Waals surface area contributed by atoms with E-state index in [0.29, 0.717) is 11.4 Å². The van der Waals surface area contributed by atoms with Crippen molar-refractivity contribution in [3.8, 4) is 0 Å². The quantitative estimate of drug-likeness (QED) is 0.410. The molecule has 0 bridgehead atoms. The molecule has 0 saturated carbocycles. The van der Waals surface area contributed by atoms with E-state index < -0.39 is 16.2 Å². The second-order valence-corrected chi connectivity index (χ2v) is 7.41. The highest BCUT2D eigenvalue weighted by Gasteiger charge is 2.21. The molecule has 8 nitrogen and oxygen atoms in total. The van der Waals surface area contributed by atoms with Crippen LogP contribution in [-0.2, 0) is 4.79 Å². The Balaban J connectivity index is 2.02. The van der Waals surface area contributed by atoms with Gasteiger partial charge in [-0.15, -0.1) is 0 Å². The number of anilines is 2. The first-order valence-electron chi connectivity index (χ1n) is 8.34. The Labute approximate surface area is 167 Å². The van der Waals surface area contributed by atoms with E-state index >= 15 is 0 Å². The van der Waals surface area contributed by atoms with Gasteiger partial charge in [-0.2, -0.15) is 0 Å². The Bertz CT molecular complexity index is 938. The molecule has 0 unspecified atom stereocenters. The van der Waals surface area contributed by atoms with Gasteiger partial charge >= 0.3 is 0 Å². The van der Waals surface area contributed by atoms with Gasteiger partial charge in [0.1, 0.15) is 0 Å². The molecule has 0 aromatic heterocycles. The highest BCUT2D eigenvalue weighted by Crippen LogP contribution is 2.20. The third-order valence-corrected chi connectivity index (χ3v) is 3.81. The zero-order chi connectivity index (χ0) is 20.9. The van der Waals surface area contributed by atoms with Crippen LogP contribution < -0.4 is 16.0 Å². The summed E-state index contributed by atoms with van der Waals surface area (Å²) in [5.74, 6) is -0.704. The monoisotopic (exact) mass is 400 g/mol. The molecule has 0 aliphatic heterocycles. The number of amides is 2. The number of hydrogen-bond acceptors (Lipinski definition) is 5. The topological polar surface area (TPSA) is 113 Å². The van der Waals surface area contributed by atoms with Gasteiger partial charge < -0.3 is 10.6 Å². The number of nitrogens with zero attached hydrogens (tertiary/aromatic N) is 1. The van der Waals surface area contributed by atoms with Crippen LogP contribution in [0.25, 0.3) is 0 Å². The second kappa shape index (κ2) is 8.57. The Morgan fingerprint density at radius 3 is 2.21 bits per heavy atom. The maximum absolute atomic E-state index is 12.2. The average Bonchev–Trinajstić information content (AvgIpc) is 2.61. The van der Waals surface area contributed by atoms with Crippen LogP contribution in [0.5, 0.6) is 0 Å². The van der Waals surface area contributed by atoms with Crippen molar-refractivity contribution >= 4 is 46.2 Å². The molecule has 0 aliphatic rings. The summed E-state index contributed by atoms with van der Waals surface area (Å²) in [4.78, 5) is 34.5. The number of benzene rings is 2. The molecule has 0 atom stereocenters. The lowest BCUT2D eigenvalue weighted by Crippen LogP contribution is -2.34. The molecule has 0 aliphatic carbocycles. The fraction of sp³-hybridized carbons (Fsp3) is 0.211. The largest absolute Gasteiger partial charge is 0.332 e. The molecule has 3 N–H and O–H groups in total. The fourth-order valence-corrected chi connectivity index (χ4v) is 2.30. The van der Waals surface area contributed by atoms with Gasteiger partial charge in [0.2, 0.25) is 5.91 Å². The zero-order valence-corrected chi connectivity index (χ0v) is 16.4. The van der Waals surface area contributed by atoms with Crippen LogP contribution in [0.1, 0.15) is 31.1 Å². The third-order valence-electron chi connectivity index (χ3n) is 3.61. The molecular formula is C19H20N4O4S. The Morgan fingerprint density at radius 1 is 1.00 bits per heavy atom. The minimum Gasteiger partial charge on any atom is -0.332 e. The van der Waals surface area contributed by atoms with E-state index in [2.05, 4.69) is 16.0 Å². The van der Waals surface area contributed by atoms with E-state index in [9.17, 15) is 19.7 Å². The third kappa shape index (κ3) is 5.85. The lowest BCUT2D eigenvalue weighted by Gasteiger charge is -2.18. The number of carbonyl (C=O) groups excluding carboxylic acids is 2. The molecule has 2 aromatic rings. The number of thiocarbonyl (C=S) groups is 1. The van der Waals surface area contributed by atoms with Crippen molar-refractivity contribution in [3.05, 3.63) is 64.2 Å². The molecule has 0 heterocycles. The predicted octanol–water partition coefficient (Wildman–Crippen LogP) is 3.71. The van der Waals surface area contributed by atoms with E-state index in [1.165, 1.54) is 24.3 Å². The molecule has 146 valence electrons. The molecule has 28 heavy (non-hydrogen) atoms. The van der Waals surface area contributed by atoms with Crippen LogP contribution in [0.2, 0.25) is 0 Å². The molecule has 2 amide bonds. The van der Waals surface area contributed by atoms with Gasteiger partial charge in [0.15, 0.2) is 5.11 Å². The molecule has 2 rings (SSSR count). The molecule has 0 radical (unpaired) electrons. The van der Waals surface area contributed by atoms with Gasteiger partial charge in [-0.3, -0.25) is 25.0 Å². The summed E-state index contributed by atoms with van der Waals surface area (Å²) in [5, 5.41) is 19.0. The van der Waals surface area contributed by atoms with E-state index in [0.717, 1.165) is 0 Å². The smallest absolute Gasteiger partial charge is 0.270 e. The molecule has 2 aromatic carbocycles. The van der Waals surface area contributed by atoms with Gasteiger partial charge in [-0.1, -0.05) is 32.9 Å². The lowest BCUT2D eigenvalue weighted by molar-refractivity contribution is -0.384. The van der Waals surface area contributed by atoms with Crippen molar-refractivity contribution in [2.75, 3.05) is 10.6 Å². The lowest BCUT2D eigenvalue weighted by atomic mass is 9.95. The van der Waals surface area contributed by atoms with Crippen molar-refractivity contribution in [1.29, 1.82) is 0 Å². The Kier molecular flexibility index (Phi) is 6.42. The highest BCUT2D eigenvalue weighted by molar-refractivity contribution is 7.80. The molecule has 0 saturated heterocycles. The van der Waals surface area contributed by atoms with Gasteiger partial charge in [0.25, 0.3) is 11.6 Å². The fourth-order valence-electron chi connectivity index (χ4n) is 2.09. The minimum atomic E-state index is -0.579. The van der Waals surface area contributed by atoms with Crippen molar-refractivity contribution < 1.29 is 14.5 Å². The van der Waals surface area contributed by atoms with E-state index in [1.54, 1.807) is 24.3 Å². The van der Waals surface area contributed by atoms with Crippen LogP contribution >= 0.6 is 12.2 Å². The number of carbonyl (C=O) groups is 2. The summed E-state index contributed by atoms with van der Waals surface area (Å²) in [5.41, 5.74) is 0.539. The van der Waals surface area contributed by atoms with Crippen LogP contribution in [0, 0.1) is 15.5 Å². The standard InChI is InChI=1S/C19H20N4O4S/c1-19(2,3)17(25)20-13-7-5-8-14(11-13)21-18(28)22-16(24)12-6-4-9-15(10-12)23(26)27/h4-11H,1-3H3,(H,20,25)(H2,21,22,24,28). The first-order chi connectivity index (χ1) is 13.1. The summed E-state index contributed by atoms with van der Waals surface area (Å²) in [6.07, 6.45) is 0. The van der Waals surface area contributed by atoms with Crippen LogP contribution in [0.3, 0.4) is 0 Å². The maximum atomic E-state index is 12.2. The highest BCUT2D eigenvalue weighted by atomic mass is 32.1. The summed E-state index contributed by atoms with van der Waals surface area (Å²) in [6.45, 7) is 5.43. The van der Waals surface area contributed by atoms with Gasteiger partial charge in [0.05, 0.1) is 4.92 Å². The summed E-state index contributed by atoms with van der Waals surface area (Å²) in [6, 6.07) is 12.2. The van der Waals surface area contributed by atoms with Gasteiger partial charge in [-0.05, 0) is 36.5 Å². The van der Waals surface area contributed by atoms with Crippen LogP contribution in [0.4, 0.5) is 17.1 Å².